The van der Waals surface area contributed by atoms with E-state index in [0.29, 0.717) is 27.0 Å². The summed E-state index contributed by atoms with van der Waals surface area (Å²) < 4.78 is 0. The number of halogens is 3. The molecule has 0 aromatic heterocycles. The van der Waals surface area contributed by atoms with Crippen LogP contribution in [0.1, 0.15) is 33.6 Å². The lowest BCUT2D eigenvalue weighted by atomic mass is 10.0. The maximum atomic E-state index is 6.11. The van der Waals surface area contributed by atoms with Gasteiger partial charge in [0.15, 0.2) is 0 Å². The maximum absolute atomic E-state index is 6.11. The first-order valence-electron chi connectivity index (χ1n) is 5.81. The molecule has 96 valence electrons. The molecule has 0 saturated carbocycles. The van der Waals surface area contributed by atoms with E-state index in [4.69, 9.17) is 34.8 Å². The number of nitrogens with one attached hydrogen (secondary N) is 1. The molecule has 0 saturated heterocycles. The lowest BCUT2D eigenvalue weighted by molar-refractivity contribution is 0.528. The summed E-state index contributed by atoms with van der Waals surface area (Å²) in [6.07, 6.45) is 2.27. The number of hydrogen-bond acceptors (Lipinski definition) is 1. The summed E-state index contributed by atoms with van der Waals surface area (Å²) in [7, 11) is 0. The molecule has 17 heavy (non-hydrogen) atoms. The largest absolute Gasteiger partial charge is 0.380 e. The Bertz CT molecular complexity index is 354. The van der Waals surface area contributed by atoms with Gasteiger partial charge in [-0.2, -0.15) is 0 Å². The molecule has 0 aliphatic rings. The van der Waals surface area contributed by atoms with E-state index in [2.05, 4.69) is 26.1 Å². The molecule has 0 aliphatic heterocycles. The molecule has 1 nitrogen and oxygen atoms in total. The Balaban J connectivity index is 2.68. The van der Waals surface area contributed by atoms with Gasteiger partial charge in [0, 0.05) is 11.1 Å². The van der Waals surface area contributed by atoms with Gasteiger partial charge in [-0.3, -0.25) is 0 Å². The van der Waals surface area contributed by atoms with Gasteiger partial charge in [-0.15, -0.1) is 0 Å². The average molecular weight is 295 g/mol. The quantitative estimate of drug-likeness (QED) is 0.714. The molecule has 1 aromatic rings. The Morgan fingerprint density at radius 2 is 1.53 bits per heavy atom. The van der Waals surface area contributed by atoms with Crippen LogP contribution in [0.3, 0.4) is 0 Å². The Morgan fingerprint density at radius 1 is 1.00 bits per heavy atom. The topological polar surface area (TPSA) is 12.0 Å². The highest BCUT2D eigenvalue weighted by Gasteiger charge is 2.11. The summed E-state index contributed by atoms with van der Waals surface area (Å²) in [5, 5.41) is 5.03. The van der Waals surface area contributed by atoms with Crippen LogP contribution in [0.2, 0.25) is 15.1 Å². The molecule has 1 atom stereocenters. The van der Waals surface area contributed by atoms with E-state index in [9.17, 15) is 0 Å². The highest BCUT2D eigenvalue weighted by molar-refractivity contribution is 6.41. The van der Waals surface area contributed by atoms with Crippen molar-refractivity contribution < 1.29 is 0 Å². The van der Waals surface area contributed by atoms with Gasteiger partial charge in [0.25, 0.3) is 0 Å². The van der Waals surface area contributed by atoms with Crippen LogP contribution in [-0.2, 0) is 0 Å². The Hall–Kier alpha value is -0.110. The van der Waals surface area contributed by atoms with Gasteiger partial charge in [0.05, 0.1) is 15.7 Å². The normalized spacial score (nSPS) is 12.9. The van der Waals surface area contributed by atoms with E-state index in [0.717, 1.165) is 12.1 Å². The molecule has 1 aromatic carbocycles. The Labute approximate surface area is 118 Å². The van der Waals surface area contributed by atoms with E-state index in [1.807, 2.05) is 0 Å². The number of benzene rings is 1. The van der Waals surface area contributed by atoms with Crippen molar-refractivity contribution in [3.05, 3.63) is 27.2 Å². The molecule has 1 rings (SSSR count). The smallest absolute Gasteiger partial charge is 0.0722 e. The van der Waals surface area contributed by atoms with E-state index >= 15 is 0 Å². The molecular formula is C13H18Cl3N. The SMILES string of the molecule is CC(C)CCC(C)Nc1c(Cl)cc(Cl)cc1Cl. The zero-order valence-corrected chi connectivity index (χ0v) is 12.6. The molecule has 0 radical (unpaired) electrons. The minimum absolute atomic E-state index is 0.341. The van der Waals surface area contributed by atoms with Gasteiger partial charge in [-0.1, -0.05) is 48.7 Å². The molecule has 0 fully saturated rings. The van der Waals surface area contributed by atoms with Crippen LogP contribution in [-0.4, -0.2) is 6.04 Å². The second-order valence-electron chi connectivity index (χ2n) is 4.76. The monoisotopic (exact) mass is 293 g/mol. The third-order valence-corrected chi connectivity index (χ3v) is 3.39. The van der Waals surface area contributed by atoms with E-state index in [-0.39, 0.29) is 0 Å². The maximum Gasteiger partial charge on any atom is 0.0722 e. The summed E-state index contributed by atoms with van der Waals surface area (Å²) in [5.41, 5.74) is 0.772. The van der Waals surface area contributed by atoms with Gasteiger partial charge in [-0.05, 0) is 37.8 Å². The third kappa shape index (κ3) is 4.95. The Morgan fingerprint density at radius 3 is 2.00 bits per heavy atom. The van der Waals surface area contributed by atoms with Crippen LogP contribution in [0.15, 0.2) is 12.1 Å². The molecule has 0 heterocycles. The summed E-state index contributed by atoms with van der Waals surface area (Å²) in [4.78, 5) is 0. The van der Waals surface area contributed by atoms with Crippen LogP contribution in [0.25, 0.3) is 0 Å². The predicted octanol–water partition coefficient (Wildman–Crippen LogP) is 5.88. The fraction of sp³-hybridized carbons (Fsp3) is 0.538. The molecule has 1 N–H and O–H groups in total. The first-order chi connectivity index (χ1) is 7.90. The summed E-state index contributed by atoms with van der Waals surface area (Å²) in [6, 6.07) is 3.74. The van der Waals surface area contributed by atoms with Crippen molar-refractivity contribution in [1.82, 2.24) is 0 Å². The molecule has 4 heteroatoms. The number of anilines is 1. The van der Waals surface area contributed by atoms with Crippen molar-refractivity contribution in [2.45, 2.75) is 39.7 Å². The van der Waals surface area contributed by atoms with Crippen LogP contribution < -0.4 is 5.32 Å². The Kier molecular flexibility index (Phi) is 5.91. The van der Waals surface area contributed by atoms with Crippen molar-refractivity contribution >= 4 is 40.5 Å². The molecule has 0 amide bonds. The fourth-order valence-electron chi connectivity index (χ4n) is 1.58. The minimum atomic E-state index is 0.341. The van der Waals surface area contributed by atoms with E-state index < -0.39 is 0 Å². The summed E-state index contributed by atoms with van der Waals surface area (Å²) >= 11 is 18.1. The first kappa shape index (κ1) is 14.9. The minimum Gasteiger partial charge on any atom is -0.380 e. The van der Waals surface area contributed by atoms with Crippen molar-refractivity contribution in [1.29, 1.82) is 0 Å². The number of rotatable bonds is 5. The predicted molar refractivity (Wildman–Crippen MR) is 78.6 cm³/mol. The van der Waals surface area contributed by atoms with Crippen molar-refractivity contribution in [3.8, 4) is 0 Å². The molecular weight excluding hydrogens is 277 g/mol. The average Bonchev–Trinajstić information content (AvgIpc) is 2.20. The highest BCUT2D eigenvalue weighted by atomic mass is 35.5. The molecule has 0 bridgehead atoms. The van der Waals surface area contributed by atoms with Crippen molar-refractivity contribution in [2.24, 2.45) is 5.92 Å². The zero-order valence-electron chi connectivity index (χ0n) is 10.4. The number of hydrogen-bond donors (Lipinski definition) is 1. The standard InChI is InChI=1S/C13H18Cl3N/c1-8(2)4-5-9(3)17-13-11(15)6-10(14)7-12(13)16/h6-9,17H,4-5H2,1-3H3. The van der Waals surface area contributed by atoms with Crippen molar-refractivity contribution in [3.63, 3.8) is 0 Å². The van der Waals surface area contributed by atoms with Crippen LogP contribution >= 0.6 is 34.8 Å². The van der Waals surface area contributed by atoms with Gasteiger partial charge < -0.3 is 5.32 Å². The molecule has 1 unspecified atom stereocenters. The van der Waals surface area contributed by atoms with E-state index in [1.165, 1.54) is 6.42 Å². The first-order valence-corrected chi connectivity index (χ1v) is 6.94. The lowest BCUT2D eigenvalue weighted by Crippen LogP contribution is -2.16. The second-order valence-corrected chi connectivity index (χ2v) is 6.01. The van der Waals surface area contributed by atoms with Gasteiger partial charge in [-0.25, -0.2) is 0 Å². The summed E-state index contributed by atoms with van der Waals surface area (Å²) in [6.45, 7) is 6.56. The summed E-state index contributed by atoms with van der Waals surface area (Å²) in [5.74, 6) is 0.704. The van der Waals surface area contributed by atoms with Crippen LogP contribution in [0.4, 0.5) is 5.69 Å². The van der Waals surface area contributed by atoms with Gasteiger partial charge in [0.1, 0.15) is 0 Å². The third-order valence-electron chi connectivity index (χ3n) is 2.57. The molecule has 0 spiro atoms. The van der Waals surface area contributed by atoms with Gasteiger partial charge in [0.2, 0.25) is 0 Å². The molecule has 0 aliphatic carbocycles. The van der Waals surface area contributed by atoms with E-state index in [1.54, 1.807) is 12.1 Å². The highest BCUT2D eigenvalue weighted by Crippen LogP contribution is 2.34. The second kappa shape index (κ2) is 6.72. The van der Waals surface area contributed by atoms with Crippen molar-refractivity contribution in [2.75, 3.05) is 5.32 Å². The van der Waals surface area contributed by atoms with Gasteiger partial charge >= 0.3 is 0 Å². The zero-order chi connectivity index (χ0) is 13.0. The lowest BCUT2D eigenvalue weighted by Gasteiger charge is -2.18. The fourth-order valence-corrected chi connectivity index (χ4v) is 2.51. The van der Waals surface area contributed by atoms with Crippen LogP contribution in [0, 0.1) is 5.92 Å². The van der Waals surface area contributed by atoms with Crippen LogP contribution in [0.5, 0.6) is 0 Å².